The number of fused-ring (bicyclic) bond motifs is 1. The Morgan fingerprint density at radius 2 is 1.96 bits per heavy atom. The summed E-state index contributed by atoms with van der Waals surface area (Å²) in [6.45, 7) is 9.96. The molecule has 132 valence electrons. The number of hydrogen-bond donors (Lipinski definition) is 2. The summed E-state index contributed by atoms with van der Waals surface area (Å²) in [4.78, 5) is 4.46. The highest BCUT2D eigenvalue weighted by Crippen LogP contribution is 2.52. The van der Waals surface area contributed by atoms with Gasteiger partial charge in [0.2, 0.25) is 0 Å². The van der Waals surface area contributed by atoms with Gasteiger partial charge in [0.15, 0.2) is 5.96 Å². The van der Waals surface area contributed by atoms with Crippen LogP contribution in [0.1, 0.15) is 45.6 Å². The predicted molar refractivity (Wildman–Crippen MR) is 99.4 cm³/mol. The van der Waals surface area contributed by atoms with Crippen molar-refractivity contribution in [3.63, 3.8) is 0 Å². The second kappa shape index (κ2) is 6.75. The summed E-state index contributed by atoms with van der Waals surface area (Å²) >= 11 is 0. The van der Waals surface area contributed by atoms with Crippen LogP contribution in [-0.2, 0) is 4.74 Å². The van der Waals surface area contributed by atoms with Crippen LogP contribution in [0, 0.1) is 11.3 Å². The lowest BCUT2D eigenvalue weighted by atomic mass is 9.57. The van der Waals surface area contributed by atoms with Crippen molar-refractivity contribution in [3.05, 3.63) is 35.9 Å². The molecule has 0 spiro atoms. The molecular formula is C20H31N3O. The molecule has 0 aromatic heterocycles. The van der Waals surface area contributed by atoms with Gasteiger partial charge in [-0.3, -0.25) is 4.99 Å². The van der Waals surface area contributed by atoms with E-state index in [0.717, 1.165) is 19.0 Å². The van der Waals surface area contributed by atoms with E-state index in [2.05, 4.69) is 73.7 Å². The molecule has 0 radical (unpaired) electrons. The summed E-state index contributed by atoms with van der Waals surface area (Å²) in [6, 6.07) is 11.4. The minimum atomic E-state index is 0.160. The van der Waals surface area contributed by atoms with Crippen molar-refractivity contribution in [2.75, 3.05) is 13.7 Å². The molecule has 4 heteroatoms. The molecule has 5 unspecified atom stereocenters. The van der Waals surface area contributed by atoms with Gasteiger partial charge in [0.05, 0.1) is 6.10 Å². The molecule has 1 heterocycles. The predicted octanol–water partition coefficient (Wildman–Crippen LogP) is 3.16. The Bertz CT molecular complexity index is 584. The maximum absolute atomic E-state index is 5.89. The Morgan fingerprint density at radius 3 is 2.62 bits per heavy atom. The molecule has 2 N–H and O–H groups in total. The van der Waals surface area contributed by atoms with E-state index < -0.39 is 0 Å². The summed E-state index contributed by atoms with van der Waals surface area (Å²) in [5.41, 5.74) is 1.51. The fourth-order valence-electron chi connectivity index (χ4n) is 4.32. The van der Waals surface area contributed by atoms with E-state index in [0.29, 0.717) is 30.0 Å². The third-order valence-corrected chi connectivity index (χ3v) is 6.06. The number of hydrogen-bond acceptors (Lipinski definition) is 2. The number of aliphatic imine (C=N–C) groups is 1. The van der Waals surface area contributed by atoms with Crippen LogP contribution >= 0.6 is 0 Å². The zero-order valence-corrected chi connectivity index (χ0v) is 15.5. The molecule has 5 atom stereocenters. The lowest BCUT2D eigenvalue weighted by Crippen LogP contribution is -2.68. The molecule has 1 saturated heterocycles. The number of ether oxygens (including phenoxy) is 1. The zero-order chi connectivity index (χ0) is 17.3. The van der Waals surface area contributed by atoms with Crippen LogP contribution in [0.2, 0.25) is 0 Å². The second-order valence-corrected chi connectivity index (χ2v) is 7.89. The molecule has 24 heavy (non-hydrogen) atoms. The van der Waals surface area contributed by atoms with Crippen LogP contribution in [0.4, 0.5) is 0 Å². The lowest BCUT2D eigenvalue weighted by molar-refractivity contribution is -0.106. The first-order valence-electron chi connectivity index (χ1n) is 9.11. The molecule has 2 fully saturated rings. The van der Waals surface area contributed by atoms with Gasteiger partial charge in [-0.25, -0.2) is 0 Å². The standard InChI is InChI=1S/C20H31N3O/c1-13(15-9-7-6-8-10-15)14(2)22-19(21-5)23-17-16-11-12-24-18(16)20(17,3)4/h6-10,13-14,16-18H,11-12H2,1-5H3,(H2,21,22,23). The third-order valence-electron chi connectivity index (χ3n) is 6.06. The molecule has 4 nitrogen and oxygen atoms in total. The highest BCUT2D eigenvalue weighted by molar-refractivity contribution is 5.80. The zero-order valence-electron chi connectivity index (χ0n) is 15.5. The van der Waals surface area contributed by atoms with Crippen LogP contribution in [0.5, 0.6) is 0 Å². The first-order chi connectivity index (χ1) is 11.4. The largest absolute Gasteiger partial charge is 0.377 e. The van der Waals surface area contributed by atoms with Crippen LogP contribution in [0.3, 0.4) is 0 Å². The molecule has 1 saturated carbocycles. The fourth-order valence-corrected chi connectivity index (χ4v) is 4.32. The Kier molecular flexibility index (Phi) is 4.86. The van der Waals surface area contributed by atoms with Crippen molar-refractivity contribution < 1.29 is 4.74 Å². The number of nitrogens with zero attached hydrogens (tertiary/aromatic N) is 1. The summed E-state index contributed by atoms with van der Waals surface area (Å²) in [6.07, 6.45) is 1.55. The normalized spacial score (nSPS) is 30.9. The van der Waals surface area contributed by atoms with Gasteiger partial charge >= 0.3 is 0 Å². The number of rotatable bonds is 4. The van der Waals surface area contributed by atoms with Gasteiger partial charge in [-0.1, -0.05) is 51.1 Å². The SMILES string of the molecule is CN=C(NC(C)C(C)c1ccccc1)NC1C2CCOC2C1(C)C. The molecule has 1 aromatic rings. The molecule has 0 amide bonds. The molecule has 1 aliphatic carbocycles. The van der Waals surface area contributed by atoms with E-state index in [1.807, 2.05) is 7.05 Å². The number of nitrogens with one attached hydrogen (secondary N) is 2. The van der Waals surface area contributed by atoms with Crippen molar-refractivity contribution in [3.8, 4) is 0 Å². The smallest absolute Gasteiger partial charge is 0.191 e. The third kappa shape index (κ3) is 3.04. The van der Waals surface area contributed by atoms with Crippen molar-refractivity contribution in [2.45, 2.75) is 58.2 Å². The minimum Gasteiger partial charge on any atom is -0.377 e. The lowest BCUT2D eigenvalue weighted by Gasteiger charge is -2.55. The van der Waals surface area contributed by atoms with E-state index in [-0.39, 0.29) is 5.41 Å². The number of guanidine groups is 1. The van der Waals surface area contributed by atoms with Crippen LogP contribution in [0.25, 0.3) is 0 Å². The van der Waals surface area contributed by atoms with Crippen molar-refractivity contribution >= 4 is 5.96 Å². The van der Waals surface area contributed by atoms with Crippen LogP contribution in [0.15, 0.2) is 35.3 Å². The Labute approximate surface area is 146 Å². The van der Waals surface area contributed by atoms with Gasteiger partial charge in [0.25, 0.3) is 0 Å². The highest BCUT2D eigenvalue weighted by Gasteiger charge is 2.59. The van der Waals surface area contributed by atoms with Crippen LogP contribution < -0.4 is 10.6 Å². The minimum absolute atomic E-state index is 0.160. The van der Waals surface area contributed by atoms with E-state index in [9.17, 15) is 0 Å². The van der Waals surface area contributed by atoms with Gasteiger partial charge in [-0.2, -0.15) is 0 Å². The van der Waals surface area contributed by atoms with Gasteiger partial charge in [-0.05, 0) is 18.9 Å². The van der Waals surface area contributed by atoms with Crippen molar-refractivity contribution in [1.82, 2.24) is 10.6 Å². The molecule has 3 rings (SSSR count). The van der Waals surface area contributed by atoms with Gasteiger partial charge in [0, 0.05) is 43.0 Å². The van der Waals surface area contributed by atoms with E-state index in [1.165, 1.54) is 5.56 Å². The van der Waals surface area contributed by atoms with E-state index in [1.54, 1.807) is 0 Å². The average Bonchev–Trinajstić information content (AvgIpc) is 3.05. The Balaban J connectivity index is 1.61. The maximum atomic E-state index is 5.89. The molecule has 2 aliphatic rings. The van der Waals surface area contributed by atoms with Gasteiger partial charge < -0.3 is 15.4 Å². The average molecular weight is 329 g/mol. The highest BCUT2D eigenvalue weighted by atomic mass is 16.5. The first kappa shape index (κ1) is 17.3. The molecule has 1 aromatic carbocycles. The maximum Gasteiger partial charge on any atom is 0.191 e. The fraction of sp³-hybridized carbons (Fsp3) is 0.650. The number of benzene rings is 1. The second-order valence-electron chi connectivity index (χ2n) is 7.89. The summed E-state index contributed by atoms with van der Waals surface area (Å²) in [5.74, 6) is 1.93. The Hall–Kier alpha value is -1.55. The summed E-state index contributed by atoms with van der Waals surface area (Å²) in [5, 5.41) is 7.24. The monoisotopic (exact) mass is 329 g/mol. The van der Waals surface area contributed by atoms with E-state index in [4.69, 9.17) is 4.74 Å². The topological polar surface area (TPSA) is 45.7 Å². The van der Waals surface area contributed by atoms with E-state index >= 15 is 0 Å². The first-order valence-corrected chi connectivity index (χ1v) is 9.11. The summed E-state index contributed by atoms with van der Waals surface area (Å²) in [7, 11) is 1.85. The Morgan fingerprint density at radius 1 is 1.25 bits per heavy atom. The van der Waals surface area contributed by atoms with Crippen molar-refractivity contribution in [2.24, 2.45) is 16.3 Å². The van der Waals surface area contributed by atoms with Gasteiger partial charge in [-0.15, -0.1) is 0 Å². The quantitative estimate of drug-likeness (QED) is 0.659. The summed E-state index contributed by atoms with van der Waals surface area (Å²) < 4.78 is 5.89. The van der Waals surface area contributed by atoms with Crippen molar-refractivity contribution in [1.29, 1.82) is 0 Å². The molecule has 0 bridgehead atoms. The molecule has 1 aliphatic heterocycles. The van der Waals surface area contributed by atoms with Gasteiger partial charge in [0.1, 0.15) is 0 Å². The van der Waals surface area contributed by atoms with Crippen LogP contribution in [-0.4, -0.2) is 37.8 Å². The molecular weight excluding hydrogens is 298 g/mol.